The molecule has 0 atom stereocenters. The van der Waals surface area contributed by atoms with Crippen molar-refractivity contribution in [3.8, 4) is 0 Å². The molecule has 0 radical (unpaired) electrons. The minimum Gasteiger partial charge on any atom is -0.496 e. The molecule has 0 saturated heterocycles. The summed E-state index contributed by atoms with van der Waals surface area (Å²) < 4.78 is 5.32. The molecule has 2 rings (SSSR count). The van der Waals surface area contributed by atoms with E-state index in [0.717, 1.165) is 0 Å². The molecule has 0 amide bonds. The molecule has 0 bridgehead atoms. The van der Waals surface area contributed by atoms with Crippen LogP contribution in [-0.2, 0) is 16.8 Å². The normalized spacial score (nSPS) is 14.7. The highest BCUT2D eigenvalue weighted by Crippen LogP contribution is 2.30. The molecule has 15 heavy (non-hydrogen) atoms. The van der Waals surface area contributed by atoms with Crippen LogP contribution < -0.4 is 0 Å². The second-order valence-electron chi connectivity index (χ2n) is 5.23. The first-order valence-corrected chi connectivity index (χ1v) is 5.40. The van der Waals surface area contributed by atoms with Crippen LogP contribution in [0.1, 0.15) is 43.0 Å². The van der Waals surface area contributed by atoms with Crippen molar-refractivity contribution < 1.29 is 4.74 Å². The second kappa shape index (κ2) is 3.41. The number of benzene rings is 1. The highest BCUT2D eigenvalue weighted by atomic mass is 16.5. The number of aryl methyl sites for hydroxylation is 1. The van der Waals surface area contributed by atoms with E-state index >= 15 is 0 Å². The molecular formula is C14H18O. The zero-order valence-electron chi connectivity index (χ0n) is 9.92. The summed E-state index contributed by atoms with van der Waals surface area (Å²) in [6.07, 6.45) is 3.82. The molecule has 0 unspecified atom stereocenters. The number of ether oxygens (including phenoxy) is 1. The van der Waals surface area contributed by atoms with Crippen LogP contribution in [0.25, 0.3) is 6.08 Å². The molecule has 1 nitrogen and oxygen atoms in total. The summed E-state index contributed by atoms with van der Waals surface area (Å²) in [5, 5.41) is 0. The van der Waals surface area contributed by atoms with Crippen LogP contribution in [0.5, 0.6) is 0 Å². The third-order valence-electron chi connectivity index (χ3n) is 2.88. The molecule has 1 aliphatic rings. The van der Waals surface area contributed by atoms with Crippen molar-refractivity contribution >= 4 is 6.08 Å². The molecule has 80 valence electrons. The average molecular weight is 202 g/mol. The van der Waals surface area contributed by atoms with Crippen LogP contribution in [0, 0.1) is 6.92 Å². The Hall–Kier alpha value is -1.24. The summed E-state index contributed by atoms with van der Waals surface area (Å²) in [6.45, 7) is 9.64. The molecule has 1 aromatic carbocycles. The molecule has 0 aromatic heterocycles. The minimum absolute atomic E-state index is 0.209. The van der Waals surface area contributed by atoms with E-state index in [9.17, 15) is 0 Å². The second-order valence-corrected chi connectivity index (χ2v) is 5.23. The van der Waals surface area contributed by atoms with E-state index in [1.807, 2.05) is 6.08 Å². The fourth-order valence-corrected chi connectivity index (χ4v) is 2.12. The Kier molecular flexibility index (Phi) is 2.34. The van der Waals surface area contributed by atoms with Crippen molar-refractivity contribution in [3.05, 3.63) is 40.6 Å². The molecule has 0 fully saturated rings. The van der Waals surface area contributed by atoms with Gasteiger partial charge in [0.1, 0.15) is 6.61 Å². The maximum absolute atomic E-state index is 5.32. The average Bonchev–Trinajstić information content (AvgIpc) is 2.15. The van der Waals surface area contributed by atoms with Gasteiger partial charge in [-0.25, -0.2) is 0 Å². The highest BCUT2D eigenvalue weighted by Gasteiger charge is 2.18. The first-order valence-electron chi connectivity index (χ1n) is 5.40. The number of hydrogen-bond acceptors (Lipinski definition) is 1. The van der Waals surface area contributed by atoms with E-state index < -0.39 is 0 Å². The summed E-state index contributed by atoms with van der Waals surface area (Å²) in [4.78, 5) is 0. The maximum Gasteiger partial charge on any atom is 0.113 e. The van der Waals surface area contributed by atoms with Gasteiger partial charge in [0.2, 0.25) is 0 Å². The Morgan fingerprint density at radius 2 is 1.93 bits per heavy atom. The third kappa shape index (κ3) is 1.92. The Morgan fingerprint density at radius 3 is 2.60 bits per heavy atom. The van der Waals surface area contributed by atoms with Gasteiger partial charge in [0.15, 0.2) is 0 Å². The van der Waals surface area contributed by atoms with Gasteiger partial charge in [-0.3, -0.25) is 0 Å². The topological polar surface area (TPSA) is 9.23 Å². The van der Waals surface area contributed by atoms with Crippen molar-refractivity contribution in [1.29, 1.82) is 0 Å². The van der Waals surface area contributed by atoms with Crippen LogP contribution in [0.15, 0.2) is 18.4 Å². The molecule has 1 aromatic rings. The summed E-state index contributed by atoms with van der Waals surface area (Å²) >= 11 is 0. The molecule has 0 N–H and O–H groups in total. The lowest BCUT2D eigenvalue weighted by Crippen LogP contribution is -2.14. The summed E-state index contributed by atoms with van der Waals surface area (Å²) in [7, 11) is 0. The SMILES string of the molecule is Cc1cc2c(cc1C(C)(C)C)COC=C2. The predicted octanol–water partition coefficient (Wildman–Crippen LogP) is 3.79. The Labute approximate surface area is 91.8 Å². The fourth-order valence-electron chi connectivity index (χ4n) is 2.12. The lowest BCUT2D eigenvalue weighted by atomic mass is 9.82. The van der Waals surface area contributed by atoms with Crippen LogP contribution in [0.4, 0.5) is 0 Å². The van der Waals surface area contributed by atoms with Gasteiger partial charge in [-0.1, -0.05) is 32.9 Å². The lowest BCUT2D eigenvalue weighted by Gasteiger charge is -2.24. The van der Waals surface area contributed by atoms with E-state index in [4.69, 9.17) is 4.74 Å². The first-order chi connectivity index (χ1) is 6.98. The first kappa shape index (κ1) is 10.3. The van der Waals surface area contributed by atoms with Gasteiger partial charge >= 0.3 is 0 Å². The quantitative estimate of drug-likeness (QED) is 0.622. The number of hydrogen-bond donors (Lipinski definition) is 0. The van der Waals surface area contributed by atoms with Crippen molar-refractivity contribution in [3.63, 3.8) is 0 Å². The van der Waals surface area contributed by atoms with Gasteiger partial charge in [0.05, 0.1) is 6.26 Å². The molecular weight excluding hydrogens is 184 g/mol. The van der Waals surface area contributed by atoms with Crippen LogP contribution in [0.2, 0.25) is 0 Å². The molecule has 1 heteroatoms. The molecule has 0 saturated carbocycles. The molecule has 0 aliphatic carbocycles. The summed E-state index contributed by atoms with van der Waals surface area (Å²) in [5.74, 6) is 0. The predicted molar refractivity (Wildman–Crippen MR) is 63.7 cm³/mol. The van der Waals surface area contributed by atoms with E-state index in [1.54, 1.807) is 6.26 Å². The summed E-state index contributed by atoms with van der Waals surface area (Å²) in [6, 6.07) is 4.54. The van der Waals surface area contributed by atoms with Crippen molar-refractivity contribution in [2.24, 2.45) is 0 Å². The van der Waals surface area contributed by atoms with E-state index in [0.29, 0.717) is 6.61 Å². The minimum atomic E-state index is 0.209. The van der Waals surface area contributed by atoms with Crippen molar-refractivity contribution in [2.45, 2.75) is 39.7 Å². The molecule has 0 spiro atoms. The fraction of sp³-hybridized carbons (Fsp3) is 0.429. The van der Waals surface area contributed by atoms with E-state index in [-0.39, 0.29) is 5.41 Å². The largest absolute Gasteiger partial charge is 0.496 e. The highest BCUT2D eigenvalue weighted by molar-refractivity contribution is 5.57. The smallest absolute Gasteiger partial charge is 0.113 e. The Balaban J connectivity index is 2.56. The molecule has 1 aliphatic heterocycles. The van der Waals surface area contributed by atoms with Crippen molar-refractivity contribution in [2.75, 3.05) is 0 Å². The zero-order valence-corrected chi connectivity index (χ0v) is 9.92. The van der Waals surface area contributed by atoms with Gasteiger partial charge in [-0.15, -0.1) is 0 Å². The van der Waals surface area contributed by atoms with Gasteiger partial charge in [-0.05, 0) is 40.7 Å². The van der Waals surface area contributed by atoms with Crippen molar-refractivity contribution in [1.82, 2.24) is 0 Å². The monoisotopic (exact) mass is 202 g/mol. The van der Waals surface area contributed by atoms with Crippen LogP contribution in [-0.4, -0.2) is 0 Å². The maximum atomic E-state index is 5.32. The van der Waals surface area contributed by atoms with E-state index in [1.165, 1.54) is 22.3 Å². The zero-order chi connectivity index (χ0) is 11.1. The van der Waals surface area contributed by atoms with Gasteiger partial charge in [-0.2, -0.15) is 0 Å². The van der Waals surface area contributed by atoms with E-state index in [2.05, 4.69) is 39.8 Å². The lowest BCUT2D eigenvalue weighted by molar-refractivity contribution is 0.234. The Morgan fingerprint density at radius 1 is 1.20 bits per heavy atom. The van der Waals surface area contributed by atoms with Gasteiger partial charge in [0, 0.05) is 0 Å². The Bertz CT molecular complexity index is 408. The number of rotatable bonds is 0. The molecule has 1 heterocycles. The summed E-state index contributed by atoms with van der Waals surface area (Å²) in [5.41, 5.74) is 5.59. The van der Waals surface area contributed by atoms with Gasteiger partial charge < -0.3 is 4.74 Å². The van der Waals surface area contributed by atoms with Gasteiger partial charge in [0.25, 0.3) is 0 Å². The van der Waals surface area contributed by atoms with Crippen LogP contribution >= 0.6 is 0 Å². The third-order valence-corrected chi connectivity index (χ3v) is 2.88. The van der Waals surface area contributed by atoms with Crippen LogP contribution in [0.3, 0.4) is 0 Å². The number of fused-ring (bicyclic) bond motifs is 1. The standard InChI is InChI=1S/C14H18O/c1-10-7-11-5-6-15-9-12(11)8-13(10)14(2,3)4/h5-8H,9H2,1-4H3.